The molecule has 0 spiro atoms. The van der Waals surface area contributed by atoms with Gasteiger partial charge in [0.25, 0.3) is 0 Å². The largest absolute Gasteiger partial charge is 0.375 e. The second-order valence-corrected chi connectivity index (χ2v) is 19.9. The molecule has 0 radical (unpaired) electrons. The lowest BCUT2D eigenvalue weighted by molar-refractivity contribution is 0.0980. The Morgan fingerprint density at radius 3 is 1.81 bits per heavy atom. The number of hydrogen-bond donors (Lipinski definition) is 1. The Kier molecular flexibility index (Phi) is 13.0. The van der Waals surface area contributed by atoms with E-state index in [9.17, 15) is 13.0 Å². The molecule has 0 amide bonds. The van der Waals surface area contributed by atoms with Crippen molar-refractivity contribution in [1.82, 2.24) is 24.5 Å². The van der Waals surface area contributed by atoms with Gasteiger partial charge >= 0.3 is 10.1 Å². The van der Waals surface area contributed by atoms with Gasteiger partial charge in [-0.15, -0.1) is 22.7 Å². The fourth-order valence-corrected chi connectivity index (χ4v) is 11.7. The van der Waals surface area contributed by atoms with E-state index in [2.05, 4.69) is 23.4 Å². The van der Waals surface area contributed by atoms with Gasteiger partial charge in [-0.25, -0.2) is 9.36 Å². The number of ether oxygens (including phenoxy) is 2. The highest BCUT2D eigenvalue weighted by Gasteiger charge is 2.30. The SMILES string of the molecule is CN(CCCOCc1nn(-c2ccc(Cl)cc2Cl)c2c1CCCc1ccsc1-2)CCCOCc1nn(-c2ccc(Cl)cc2Cl)c2c1CCCc1cc(S(=O)(=O)O)sc1-2. The highest BCUT2D eigenvalue weighted by molar-refractivity contribution is 7.88. The minimum atomic E-state index is -4.37. The van der Waals surface area contributed by atoms with Crippen molar-refractivity contribution in [2.24, 2.45) is 0 Å². The van der Waals surface area contributed by atoms with Gasteiger partial charge in [-0.1, -0.05) is 46.4 Å². The van der Waals surface area contributed by atoms with Gasteiger partial charge in [0.2, 0.25) is 0 Å². The van der Waals surface area contributed by atoms with Crippen LogP contribution in [0.1, 0.15) is 59.3 Å². The molecular formula is C41H41Cl4N5O5S3. The Hall–Kier alpha value is -2.79. The monoisotopic (exact) mass is 919 g/mol. The molecule has 0 aliphatic heterocycles. The van der Waals surface area contributed by atoms with E-state index in [4.69, 9.17) is 66.1 Å². The summed E-state index contributed by atoms with van der Waals surface area (Å²) in [6.07, 6.45) is 6.93. The van der Waals surface area contributed by atoms with Crippen molar-refractivity contribution in [3.8, 4) is 32.5 Å². The Morgan fingerprint density at radius 2 is 1.28 bits per heavy atom. The number of halogens is 4. The van der Waals surface area contributed by atoms with E-state index in [0.29, 0.717) is 58.6 Å². The standard InChI is InChI=1S/C41H41Cl4N5O5S3/c1-48(15-4-17-54-23-33-29-8-2-6-25-14-19-56-40(25)38(29)49(46-33)35-12-10-27(42)21-31(35)44)16-5-18-55-24-34-30-9-3-7-26-20-37(58(51,52)53)57-41(26)39(30)50(47-34)36-13-11-28(43)22-32(36)45/h10-14,19-22H,2-9,15-18,23-24H2,1H3,(H,51,52,53). The van der Waals surface area contributed by atoms with Crippen LogP contribution in [0.4, 0.5) is 0 Å². The molecular weight excluding hydrogens is 880 g/mol. The van der Waals surface area contributed by atoms with Crippen LogP contribution in [0.2, 0.25) is 20.1 Å². The second-order valence-electron chi connectivity index (χ2n) is 14.6. The summed E-state index contributed by atoms with van der Waals surface area (Å²) in [6, 6.07) is 14.5. The molecule has 0 unspecified atom stereocenters. The quantitative estimate of drug-likeness (QED) is 0.0801. The summed E-state index contributed by atoms with van der Waals surface area (Å²) >= 11 is 28.6. The topological polar surface area (TPSA) is 112 Å². The molecule has 17 heteroatoms. The molecule has 0 saturated carbocycles. The molecule has 58 heavy (non-hydrogen) atoms. The van der Waals surface area contributed by atoms with Gasteiger partial charge in [-0.3, -0.25) is 4.55 Å². The fraction of sp³-hybridized carbons (Fsp3) is 0.366. The number of hydrogen-bond acceptors (Lipinski definition) is 9. The Balaban J connectivity index is 0.859. The smallest absolute Gasteiger partial charge is 0.304 e. The number of benzene rings is 2. The fourth-order valence-electron chi connectivity index (χ4n) is 7.76. The molecule has 1 N–H and O–H groups in total. The minimum Gasteiger partial charge on any atom is -0.375 e. The zero-order valence-electron chi connectivity index (χ0n) is 31.6. The van der Waals surface area contributed by atoms with Crippen LogP contribution in [0.3, 0.4) is 0 Å². The van der Waals surface area contributed by atoms with Crippen molar-refractivity contribution in [2.45, 2.75) is 68.8 Å². The number of rotatable bonds is 15. The van der Waals surface area contributed by atoms with Gasteiger partial charge in [-0.2, -0.15) is 18.6 Å². The van der Waals surface area contributed by atoms with Crippen molar-refractivity contribution in [2.75, 3.05) is 33.4 Å². The first-order chi connectivity index (χ1) is 28.0. The van der Waals surface area contributed by atoms with Crippen molar-refractivity contribution >= 4 is 79.2 Å². The Morgan fingerprint density at radius 1 is 0.741 bits per heavy atom. The molecule has 4 aromatic heterocycles. The third-order valence-corrected chi connectivity index (χ3v) is 15.0. The van der Waals surface area contributed by atoms with Gasteiger partial charge < -0.3 is 14.4 Å². The highest BCUT2D eigenvalue weighted by Crippen LogP contribution is 2.44. The molecule has 0 atom stereocenters. The molecule has 2 aliphatic rings. The second kappa shape index (κ2) is 18.1. The number of aromatic nitrogens is 4. The number of nitrogens with zero attached hydrogens (tertiary/aromatic N) is 5. The maximum atomic E-state index is 12.1. The van der Waals surface area contributed by atoms with Crippen LogP contribution in [0.5, 0.6) is 0 Å². The van der Waals surface area contributed by atoms with Crippen molar-refractivity contribution in [3.63, 3.8) is 0 Å². The number of thiophene rings is 2. The Labute approximate surface area is 366 Å². The van der Waals surface area contributed by atoms with Crippen LogP contribution < -0.4 is 0 Å². The zero-order valence-corrected chi connectivity index (χ0v) is 37.1. The van der Waals surface area contributed by atoms with Crippen LogP contribution in [0, 0.1) is 0 Å². The molecule has 0 saturated heterocycles. The van der Waals surface area contributed by atoms with Crippen LogP contribution in [-0.2, 0) is 58.5 Å². The average molecular weight is 922 g/mol. The third-order valence-electron chi connectivity index (χ3n) is 10.5. The van der Waals surface area contributed by atoms with Gasteiger partial charge in [0.05, 0.1) is 67.2 Å². The van der Waals surface area contributed by atoms with Gasteiger partial charge in [0, 0.05) is 47.5 Å². The van der Waals surface area contributed by atoms with Crippen LogP contribution in [-0.4, -0.2) is 70.8 Å². The molecule has 10 nitrogen and oxygen atoms in total. The summed E-state index contributed by atoms with van der Waals surface area (Å²) in [5, 5.41) is 14.2. The van der Waals surface area contributed by atoms with E-state index in [1.165, 1.54) is 16.0 Å². The van der Waals surface area contributed by atoms with Crippen LogP contribution >= 0.6 is 69.1 Å². The van der Waals surface area contributed by atoms with Gasteiger partial charge in [0.1, 0.15) is 4.21 Å². The molecule has 0 bridgehead atoms. The lowest BCUT2D eigenvalue weighted by Gasteiger charge is -2.16. The maximum absolute atomic E-state index is 12.1. The van der Waals surface area contributed by atoms with Crippen LogP contribution in [0.15, 0.2) is 58.1 Å². The minimum absolute atomic E-state index is 0.0899. The molecule has 306 valence electrons. The maximum Gasteiger partial charge on any atom is 0.304 e. The zero-order chi connectivity index (χ0) is 40.6. The van der Waals surface area contributed by atoms with Gasteiger partial charge in [-0.05, 0) is 123 Å². The summed E-state index contributed by atoms with van der Waals surface area (Å²) in [6.45, 7) is 3.60. The van der Waals surface area contributed by atoms with E-state index in [-0.39, 0.29) is 4.21 Å². The average Bonchev–Trinajstić information content (AvgIpc) is 3.92. The normalized spacial score (nSPS) is 13.9. The van der Waals surface area contributed by atoms with Gasteiger partial charge in [0.15, 0.2) is 0 Å². The molecule has 2 aromatic carbocycles. The first-order valence-electron chi connectivity index (χ1n) is 19.1. The summed E-state index contributed by atoms with van der Waals surface area (Å²) in [7, 11) is -2.26. The van der Waals surface area contributed by atoms with E-state index in [0.717, 1.165) is 114 Å². The predicted octanol–water partition coefficient (Wildman–Crippen LogP) is 10.8. The number of fused-ring (bicyclic) bond motifs is 6. The molecule has 6 aromatic rings. The first-order valence-corrected chi connectivity index (χ1v) is 23.7. The van der Waals surface area contributed by atoms with E-state index < -0.39 is 10.1 Å². The molecule has 0 fully saturated rings. The lowest BCUT2D eigenvalue weighted by Crippen LogP contribution is -2.23. The highest BCUT2D eigenvalue weighted by atomic mass is 35.5. The van der Waals surface area contributed by atoms with Crippen molar-refractivity contribution < 1.29 is 22.4 Å². The lowest BCUT2D eigenvalue weighted by atomic mass is 10.1. The van der Waals surface area contributed by atoms with Crippen LogP contribution in [0.25, 0.3) is 32.5 Å². The predicted molar refractivity (Wildman–Crippen MR) is 234 cm³/mol. The molecule has 8 rings (SSSR count). The van der Waals surface area contributed by atoms with E-state index in [1.54, 1.807) is 46.4 Å². The third kappa shape index (κ3) is 8.96. The van der Waals surface area contributed by atoms with Crippen molar-refractivity contribution in [3.05, 3.63) is 108 Å². The van der Waals surface area contributed by atoms with E-state index in [1.807, 2.05) is 16.8 Å². The number of aryl methyl sites for hydroxylation is 2. The summed E-state index contributed by atoms with van der Waals surface area (Å²) in [4.78, 5) is 4.27. The van der Waals surface area contributed by atoms with E-state index >= 15 is 0 Å². The molecule has 2 aliphatic carbocycles. The first kappa shape index (κ1) is 41.9. The summed E-state index contributed by atoms with van der Waals surface area (Å²) in [5.74, 6) is 0. The summed E-state index contributed by atoms with van der Waals surface area (Å²) < 4.78 is 50.1. The van der Waals surface area contributed by atoms with Crippen molar-refractivity contribution in [1.29, 1.82) is 0 Å². The Bertz CT molecular complexity index is 2570. The molecule has 4 heterocycles. The summed E-state index contributed by atoms with van der Waals surface area (Å²) in [5.41, 5.74) is 9.43.